The van der Waals surface area contributed by atoms with Crippen molar-refractivity contribution in [2.75, 3.05) is 25.4 Å². The van der Waals surface area contributed by atoms with Crippen molar-refractivity contribution in [3.8, 4) is 0 Å². The first-order valence-electron chi connectivity index (χ1n) is 11.7. The summed E-state index contributed by atoms with van der Waals surface area (Å²) in [6.45, 7) is 1.42. The van der Waals surface area contributed by atoms with Gasteiger partial charge in [-0.3, -0.25) is 4.55 Å². The maximum absolute atomic E-state index is 12.5. The summed E-state index contributed by atoms with van der Waals surface area (Å²) < 4.78 is 41.5. The molecule has 0 radical (unpaired) electrons. The first-order valence-corrected chi connectivity index (χ1v) is 13.3. The maximum Gasteiger partial charge on any atom is 0.410 e. The zero-order chi connectivity index (χ0) is 25.4. The van der Waals surface area contributed by atoms with Crippen LogP contribution in [0.5, 0.6) is 0 Å². The van der Waals surface area contributed by atoms with Gasteiger partial charge in [-0.25, -0.2) is 9.59 Å². The Labute approximate surface area is 207 Å². The van der Waals surface area contributed by atoms with Crippen molar-refractivity contribution in [1.82, 2.24) is 10.2 Å². The molecule has 0 heterocycles. The lowest BCUT2D eigenvalue weighted by Gasteiger charge is -2.22. The first kappa shape index (κ1) is 28.1. The Bertz CT molecular complexity index is 985. The molecule has 2 N–H and O–H groups in total. The Morgan fingerprint density at radius 3 is 1.91 bits per heavy atom. The summed E-state index contributed by atoms with van der Waals surface area (Å²) in [5.41, 5.74) is 1.78. The Morgan fingerprint density at radius 1 is 0.771 bits per heavy atom. The van der Waals surface area contributed by atoms with Gasteiger partial charge in [0.2, 0.25) is 0 Å². The summed E-state index contributed by atoms with van der Waals surface area (Å²) in [6.07, 6.45) is 2.27. The Kier molecular flexibility index (Phi) is 12.6. The van der Waals surface area contributed by atoms with Gasteiger partial charge in [-0.15, -0.1) is 0 Å². The number of benzene rings is 2. The Balaban J connectivity index is 1.64. The third-order valence-corrected chi connectivity index (χ3v) is 5.94. The Morgan fingerprint density at radius 2 is 1.31 bits per heavy atom. The third-order valence-electron chi connectivity index (χ3n) is 5.13. The van der Waals surface area contributed by atoms with E-state index in [1.54, 1.807) is 0 Å². The molecular formula is C25H34N2O7S. The van der Waals surface area contributed by atoms with Crippen LogP contribution in [-0.2, 0) is 32.8 Å². The monoisotopic (exact) mass is 506 g/mol. The number of nitrogens with one attached hydrogen (secondary N) is 1. The van der Waals surface area contributed by atoms with Gasteiger partial charge < -0.3 is 19.7 Å². The van der Waals surface area contributed by atoms with Gasteiger partial charge in [-0.1, -0.05) is 73.5 Å². The van der Waals surface area contributed by atoms with Crippen LogP contribution in [-0.4, -0.2) is 55.4 Å². The lowest BCUT2D eigenvalue weighted by Crippen LogP contribution is -2.34. The summed E-state index contributed by atoms with van der Waals surface area (Å²) in [6, 6.07) is 18.7. The standard InChI is InChI=1S/C25H34N2O7S/c28-24(33-20-22-12-5-3-6-13-22)26-16-9-1-2-10-17-27(18-11-19-35(30,31)32)25(29)34-21-23-14-7-4-8-15-23/h3-8,12-15H,1-2,9-11,16-21H2,(H,26,28)(H,30,31,32). The number of carbonyl (C=O) groups is 2. The molecule has 0 spiro atoms. The molecule has 2 rings (SSSR count). The average molecular weight is 507 g/mol. The SMILES string of the molecule is O=C(NCCCCCCN(CCCS(=O)(=O)O)C(=O)OCc1ccccc1)OCc1ccccc1. The van der Waals surface area contributed by atoms with Crippen LogP contribution < -0.4 is 5.32 Å². The van der Waals surface area contributed by atoms with E-state index in [0.717, 1.165) is 30.4 Å². The number of carbonyl (C=O) groups excluding carboxylic acids is 2. The molecule has 2 aromatic carbocycles. The van der Waals surface area contributed by atoms with Crippen LogP contribution in [0.3, 0.4) is 0 Å². The second-order valence-corrected chi connectivity index (χ2v) is 9.64. The van der Waals surface area contributed by atoms with Gasteiger partial charge in [0.25, 0.3) is 10.1 Å². The van der Waals surface area contributed by atoms with Gasteiger partial charge in [0.1, 0.15) is 13.2 Å². The number of alkyl carbamates (subject to hydrolysis) is 1. The molecule has 0 aliphatic heterocycles. The molecule has 10 heteroatoms. The van der Waals surface area contributed by atoms with Crippen molar-refractivity contribution in [3.05, 3.63) is 71.8 Å². The van der Waals surface area contributed by atoms with E-state index < -0.39 is 28.1 Å². The van der Waals surface area contributed by atoms with E-state index in [9.17, 15) is 18.0 Å². The van der Waals surface area contributed by atoms with Gasteiger partial charge in [-0.2, -0.15) is 8.42 Å². The van der Waals surface area contributed by atoms with E-state index in [0.29, 0.717) is 19.5 Å². The number of rotatable bonds is 15. The molecule has 2 amide bonds. The predicted octanol–water partition coefficient (Wildman–Crippen LogP) is 4.39. The molecule has 0 saturated heterocycles. The highest BCUT2D eigenvalue weighted by Gasteiger charge is 2.16. The second-order valence-electron chi connectivity index (χ2n) is 8.07. The van der Waals surface area contributed by atoms with Crippen molar-refractivity contribution in [2.45, 2.75) is 45.3 Å². The number of nitrogens with zero attached hydrogens (tertiary/aromatic N) is 1. The fraction of sp³-hybridized carbons (Fsp3) is 0.440. The molecule has 192 valence electrons. The van der Waals surface area contributed by atoms with Crippen LogP contribution >= 0.6 is 0 Å². The number of hydrogen-bond acceptors (Lipinski definition) is 6. The second kappa shape index (κ2) is 15.7. The van der Waals surface area contributed by atoms with E-state index in [2.05, 4.69) is 5.32 Å². The number of amides is 2. The maximum atomic E-state index is 12.5. The minimum absolute atomic E-state index is 0.119. The van der Waals surface area contributed by atoms with Gasteiger partial charge in [0.05, 0.1) is 5.75 Å². The molecule has 0 bridgehead atoms. The number of ether oxygens (including phenoxy) is 2. The van der Waals surface area contributed by atoms with Crippen LogP contribution in [0.4, 0.5) is 9.59 Å². The van der Waals surface area contributed by atoms with Crippen LogP contribution in [0.25, 0.3) is 0 Å². The third kappa shape index (κ3) is 13.4. The molecule has 0 fully saturated rings. The summed E-state index contributed by atoms with van der Waals surface area (Å²) in [4.78, 5) is 25.7. The van der Waals surface area contributed by atoms with Crippen LogP contribution in [0.1, 0.15) is 43.2 Å². The topological polar surface area (TPSA) is 122 Å². The summed E-state index contributed by atoms with van der Waals surface area (Å²) in [5.74, 6) is -0.415. The highest BCUT2D eigenvalue weighted by Crippen LogP contribution is 2.08. The zero-order valence-electron chi connectivity index (χ0n) is 19.8. The van der Waals surface area contributed by atoms with E-state index in [1.807, 2.05) is 60.7 Å². The lowest BCUT2D eigenvalue weighted by molar-refractivity contribution is 0.0954. The fourth-order valence-corrected chi connectivity index (χ4v) is 3.78. The number of hydrogen-bond donors (Lipinski definition) is 2. The molecule has 0 atom stereocenters. The van der Waals surface area contributed by atoms with E-state index in [-0.39, 0.29) is 26.2 Å². The smallest absolute Gasteiger partial charge is 0.410 e. The van der Waals surface area contributed by atoms with Gasteiger partial charge in [0, 0.05) is 19.6 Å². The van der Waals surface area contributed by atoms with Crippen LogP contribution in [0.15, 0.2) is 60.7 Å². The highest BCUT2D eigenvalue weighted by atomic mass is 32.2. The van der Waals surface area contributed by atoms with Crippen molar-refractivity contribution in [3.63, 3.8) is 0 Å². The van der Waals surface area contributed by atoms with Crippen molar-refractivity contribution < 1.29 is 32.0 Å². The molecule has 9 nitrogen and oxygen atoms in total. The van der Waals surface area contributed by atoms with Gasteiger partial charge in [-0.05, 0) is 30.4 Å². The minimum Gasteiger partial charge on any atom is -0.445 e. The Hall–Kier alpha value is -3.11. The van der Waals surface area contributed by atoms with Crippen molar-refractivity contribution in [2.24, 2.45) is 0 Å². The summed E-state index contributed by atoms with van der Waals surface area (Å²) in [7, 11) is -4.09. The lowest BCUT2D eigenvalue weighted by atomic mass is 10.2. The largest absolute Gasteiger partial charge is 0.445 e. The van der Waals surface area contributed by atoms with Gasteiger partial charge in [0.15, 0.2) is 0 Å². The van der Waals surface area contributed by atoms with Crippen molar-refractivity contribution >= 4 is 22.3 Å². The minimum atomic E-state index is -4.09. The van der Waals surface area contributed by atoms with Gasteiger partial charge >= 0.3 is 12.2 Å². The summed E-state index contributed by atoms with van der Waals surface area (Å²) >= 11 is 0. The van der Waals surface area contributed by atoms with E-state index in [4.69, 9.17) is 14.0 Å². The molecule has 0 aliphatic carbocycles. The molecule has 0 unspecified atom stereocenters. The van der Waals surface area contributed by atoms with E-state index in [1.165, 1.54) is 4.90 Å². The normalized spacial score (nSPS) is 11.0. The number of unbranched alkanes of at least 4 members (excludes halogenated alkanes) is 3. The highest BCUT2D eigenvalue weighted by molar-refractivity contribution is 7.85. The zero-order valence-corrected chi connectivity index (χ0v) is 20.6. The fourth-order valence-electron chi connectivity index (χ4n) is 3.29. The first-order chi connectivity index (χ1) is 16.8. The predicted molar refractivity (Wildman–Crippen MR) is 132 cm³/mol. The molecule has 35 heavy (non-hydrogen) atoms. The quantitative estimate of drug-likeness (QED) is 0.271. The molecule has 0 saturated carbocycles. The molecule has 0 aliphatic rings. The molecular weight excluding hydrogens is 472 g/mol. The molecule has 0 aromatic heterocycles. The molecule has 2 aromatic rings. The van der Waals surface area contributed by atoms with Crippen LogP contribution in [0.2, 0.25) is 0 Å². The van der Waals surface area contributed by atoms with E-state index >= 15 is 0 Å². The average Bonchev–Trinajstić information content (AvgIpc) is 2.85. The van der Waals surface area contributed by atoms with Crippen LogP contribution in [0, 0.1) is 0 Å². The summed E-state index contributed by atoms with van der Waals surface area (Å²) in [5, 5.41) is 2.72. The van der Waals surface area contributed by atoms with Crippen molar-refractivity contribution in [1.29, 1.82) is 0 Å².